The Morgan fingerprint density at radius 1 is 0.769 bits per heavy atom. The van der Waals surface area contributed by atoms with Gasteiger partial charge in [0.05, 0.1) is 0 Å². The van der Waals surface area contributed by atoms with Crippen LogP contribution >= 0.6 is 0 Å². The highest BCUT2D eigenvalue weighted by molar-refractivity contribution is 4.83. The molecule has 0 aromatic rings. The van der Waals surface area contributed by atoms with Gasteiger partial charge in [-0.2, -0.15) is 0 Å². The van der Waals surface area contributed by atoms with E-state index in [4.69, 9.17) is 0 Å². The predicted octanol–water partition coefficient (Wildman–Crippen LogP) is 5.92. The Balaban J connectivity index is 1.78. The quantitative estimate of drug-likeness (QED) is 0.577. The molecule has 0 aliphatic carbocycles. The molecule has 2 nitrogen and oxygen atoms in total. The maximum atomic E-state index is 2.78. The van der Waals surface area contributed by atoms with Crippen LogP contribution in [0.5, 0.6) is 0 Å². The Morgan fingerprint density at radius 3 is 1.96 bits per heavy atom. The molecule has 3 unspecified atom stereocenters. The van der Waals surface area contributed by atoms with Gasteiger partial charge in [-0.3, -0.25) is 0 Å². The molecule has 2 aliphatic heterocycles. The fraction of sp³-hybridized carbons (Fsp3) is 1.00. The van der Waals surface area contributed by atoms with Crippen molar-refractivity contribution in [3.63, 3.8) is 0 Å². The molecule has 26 heavy (non-hydrogen) atoms. The zero-order valence-electron chi connectivity index (χ0n) is 19.1. The summed E-state index contributed by atoms with van der Waals surface area (Å²) in [6.07, 6.45) is 8.49. The van der Waals surface area contributed by atoms with E-state index < -0.39 is 0 Å². The lowest BCUT2D eigenvalue weighted by molar-refractivity contribution is 0.0850. The monoisotopic (exact) mass is 364 g/mol. The summed E-state index contributed by atoms with van der Waals surface area (Å²) in [7, 11) is 0. The van der Waals surface area contributed by atoms with Crippen LogP contribution < -0.4 is 0 Å². The van der Waals surface area contributed by atoms with Crippen LogP contribution in [0.3, 0.4) is 0 Å². The Hall–Kier alpha value is -0.0800. The van der Waals surface area contributed by atoms with Gasteiger partial charge < -0.3 is 9.80 Å². The minimum Gasteiger partial charge on any atom is -0.303 e. The molecule has 0 aromatic heterocycles. The van der Waals surface area contributed by atoms with E-state index in [1.54, 1.807) is 0 Å². The molecule has 0 spiro atoms. The number of hydrogen-bond acceptors (Lipinski definition) is 2. The van der Waals surface area contributed by atoms with Gasteiger partial charge in [0.25, 0.3) is 0 Å². The molecule has 2 saturated heterocycles. The van der Waals surface area contributed by atoms with Crippen LogP contribution in [0.4, 0.5) is 0 Å². The second-order valence-electron chi connectivity index (χ2n) is 12.1. The Morgan fingerprint density at radius 2 is 1.35 bits per heavy atom. The predicted molar refractivity (Wildman–Crippen MR) is 116 cm³/mol. The summed E-state index contributed by atoms with van der Waals surface area (Å²) >= 11 is 0. The van der Waals surface area contributed by atoms with Crippen LogP contribution in [0.2, 0.25) is 0 Å². The lowest BCUT2D eigenvalue weighted by Crippen LogP contribution is -2.43. The summed E-state index contributed by atoms with van der Waals surface area (Å²) in [4.78, 5) is 5.55. The second kappa shape index (κ2) is 9.41. The zero-order chi connectivity index (χ0) is 19.4. The lowest BCUT2D eigenvalue weighted by atomic mass is 9.81. The van der Waals surface area contributed by atoms with Crippen LogP contribution in [-0.2, 0) is 0 Å². The van der Waals surface area contributed by atoms with Crippen molar-refractivity contribution in [2.75, 3.05) is 39.3 Å². The topological polar surface area (TPSA) is 6.48 Å². The molecule has 2 fully saturated rings. The summed E-state index contributed by atoms with van der Waals surface area (Å²) in [6, 6.07) is 0. The largest absolute Gasteiger partial charge is 0.303 e. The van der Waals surface area contributed by atoms with Crippen LogP contribution in [0.1, 0.15) is 87.0 Å². The third kappa shape index (κ3) is 8.74. The van der Waals surface area contributed by atoms with E-state index in [-0.39, 0.29) is 0 Å². The highest BCUT2D eigenvalue weighted by atomic mass is 15.1. The van der Waals surface area contributed by atoms with E-state index >= 15 is 0 Å². The molecule has 3 atom stereocenters. The van der Waals surface area contributed by atoms with Gasteiger partial charge in [-0.25, -0.2) is 0 Å². The first-order valence-corrected chi connectivity index (χ1v) is 11.4. The Bertz CT molecular complexity index is 403. The van der Waals surface area contributed by atoms with Crippen molar-refractivity contribution in [2.45, 2.75) is 87.0 Å². The molecule has 2 aliphatic rings. The minimum absolute atomic E-state index is 0.465. The molecule has 0 amide bonds. The van der Waals surface area contributed by atoms with Gasteiger partial charge >= 0.3 is 0 Å². The minimum atomic E-state index is 0.465. The van der Waals surface area contributed by atoms with E-state index in [0.717, 1.165) is 17.8 Å². The van der Waals surface area contributed by atoms with E-state index in [2.05, 4.69) is 58.3 Å². The fourth-order valence-corrected chi connectivity index (χ4v) is 4.96. The van der Waals surface area contributed by atoms with Crippen LogP contribution in [0.15, 0.2) is 0 Å². The molecule has 0 aromatic carbocycles. The van der Waals surface area contributed by atoms with Gasteiger partial charge in [-0.1, -0.05) is 48.5 Å². The molecular weight excluding hydrogens is 316 g/mol. The van der Waals surface area contributed by atoms with Gasteiger partial charge in [0.1, 0.15) is 0 Å². The van der Waals surface area contributed by atoms with Crippen molar-refractivity contribution in [2.24, 2.45) is 28.6 Å². The normalized spacial score (nSPS) is 29.9. The summed E-state index contributed by atoms with van der Waals surface area (Å²) < 4.78 is 0. The molecule has 2 rings (SSSR count). The molecule has 0 bridgehead atoms. The third-order valence-corrected chi connectivity index (χ3v) is 6.45. The van der Waals surface area contributed by atoms with E-state index in [9.17, 15) is 0 Å². The molecule has 0 saturated carbocycles. The van der Waals surface area contributed by atoms with Gasteiger partial charge in [-0.05, 0) is 86.7 Å². The van der Waals surface area contributed by atoms with Crippen LogP contribution in [0.25, 0.3) is 0 Å². The molecule has 2 heterocycles. The van der Waals surface area contributed by atoms with Crippen LogP contribution in [0, 0.1) is 28.6 Å². The average Bonchev–Trinajstić information content (AvgIpc) is 2.50. The summed E-state index contributed by atoms with van der Waals surface area (Å²) in [6.45, 7) is 24.8. The first-order chi connectivity index (χ1) is 12.0. The molecule has 0 N–H and O–H groups in total. The zero-order valence-corrected chi connectivity index (χ0v) is 19.1. The molecule has 0 radical (unpaired) electrons. The number of hydrogen-bond donors (Lipinski definition) is 0. The van der Waals surface area contributed by atoms with Gasteiger partial charge in [0, 0.05) is 19.6 Å². The molecule has 2 heteroatoms. The first-order valence-electron chi connectivity index (χ1n) is 11.4. The van der Waals surface area contributed by atoms with Crippen molar-refractivity contribution in [1.29, 1.82) is 0 Å². The molecule has 154 valence electrons. The van der Waals surface area contributed by atoms with Crippen molar-refractivity contribution in [3.05, 3.63) is 0 Å². The summed E-state index contributed by atoms with van der Waals surface area (Å²) in [5.41, 5.74) is 0.937. The highest BCUT2D eigenvalue weighted by Gasteiger charge is 2.29. The third-order valence-electron chi connectivity index (χ3n) is 6.45. The maximum absolute atomic E-state index is 2.78. The van der Waals surface area contributed by atoms with E-state index in [1.165, 1.54) is 77.8 Å². The maximum Gasteiger partial charge on any atom is 0.000999 e. The lowest BCUT2D eigenvalue weighted by Gasteiger charge is -2.41. The van der Waals surface area contributed by atoms with Crippen molar-refractivity contribution < 1.29 is 0 Å². The van der Waals surface area contributed by atoms with E-state index in [1.807, 2.05) is 0 Å². The highest BCUT2D eigenvalue weighted by Crippen LogP contribution is 2.32. The first kappa shape index (κ1) is 22.2. The SMILES string of the molecule is CC1CC(CC2CCCN(CCC(C)(C)C)C2)CN(CCC(C)(C)C)C1. The van der Waals surface area contributed by atoms with Crippen molar-refractivity contribution in [1.82, 2.24) is 9.80 Å². The number of likely N-dealkylation sites (tertiary alicyclic amines) is 2. The van der Waals surface area contributed by atoms with Gasteiger partial charge in [0.2, 0.25) is 0 Å². The second-order valence-corrected chi connectivity index (χ2v) is 12.1. The Kier molecular flexibility index (Phi) is 8.04. The van der Waals surface area contributed by atoms with Gasteiger partial charge in [0.15, 0.2) is 0 Å². The Labute approximate surface area is 165 Å². The smallest absolute Gasteiger partial charge is 0.000999 e. The number of nitrogens with zero attached hydrogens (tertiary/aromatic N) is 2. The van der Waals surface area contributed by atoms with Gasteiger partial charge in [-0.15, -0.1) is 0 Å². The number of piperidine rings is 2. The standard InChI is InChI=1S/C24H48N2/c1-20-15-22(19-26(17-20)14-11-24(5,6)7)16-21-9-8-12-25(18-21)13-10-23(2,3)4/h20-22H,8-19H2,1-7H3. The number of rotatable bonds is 6. The average molecular weight is 365 g/mol. The fourth-order valence-electron chi connectivity index (χ4n) is 4.96. The summed E-state index contributed by atoms with van der Waals surface area (Å²) in [5, 5.41) is 0. The van der Waals surface area contributed by atoms with Crippen molar-refractivity contribution in [3.8, 4) is 0 Å². The van der Waals surface area contributed by atoms with Crippen LogP contribution in [-0.4, -0.2) is 49.1 Å². The van der Waals surface area contributed by atoms with Crippen molar-refractivity contribution >= 4 is 0 Å². The molecular formula is C24H48N2. The van der Waals surface area contributed by atoms with E-state index in [0.29, 0.717) is 10.8 Å². The summed E-state index contributed by atoms with van der Waals surface area (Å²) in [5.74, 6) is 2.77.